The molecule has 0 N–H and O–H groups in total. The summed E-state index contributed by atoms with van der Waals surface area (Å²) in [5.74, 6) is -0.359. The van der Waals surface area contributed by atoms with Crippen LogP contribution in [0, 0.1) is 5.82 Å². The van der Waals surface area contributed by atoms with Crippen LogP contribution in [0.25, 0.3) is 0 Å². The standard InChI is InChI=1S/C22H27FN2O4S/c1-24(16-18-7-11-21(29-2)20(23)15-18)22(26)12-8-17-5-9-19(10-6-17)30(27,28)25-13-3-4-14-25/h5-7,9-11,15H,3-4,8,12-14,16H2,1-2H3. The molecule has 0 aliphatic carbocycles. The maximum absolute atomic E-state index is 13.8. The lowest BCUT2D eigenvalue weighted by molar-refractivity contribution is -0.130. The highest BCUT2D eigenvalue weighted by Gasteiger charge is 2.26. The first-order valence-corrected chi connectivity index (χ1v) is 11.4. The minimum atomic E-state index is -3.42. The van der Waals surface area contributed by atoms with Crippen molar-refractivity contribution in [3.05, 3.63) is 59.4 Å². The van der Waals surface area contributed by atoms with Gasteiger partial charge in [-0.1, -0.05) is 18.2 Å². The van der Waals surface area contributed by atoms with Gasteiger partial charge in [-0.2, -0.15) is 4.31 Å². The molecule has 1 amide bonds. The van der Waals surface area contributed by atoms with E-state index in [9.17, 15) is 17.6 Å². The van der Waals surface area contributed by atoms with Gasteiger partial charge in [-0.05, 0) is 54.7 Å². The van der Waals surface area contributed by atoms with Gasteiger partial charge in [0.1, 0.15) is 0 Å². The molecule has 1 saturated heterocycles. The predicted octanol–water partition coefficient (Wildman–Crippen LogP) is 3.21. The monoisotopic (exact) mass is 434 g/mol. The van der Waals surface area contributed by atoms with Crippen LogP contribution in [0.3, 0.4) is 0 Å². The molecule has 8 heteroatoms. The van der Waals surface area contributed by atoms with Gasteiger partial charge in [-0.15, -0.1) is 0 Å². The Morgan fingerprint density at radius 1 is 1.10 bits per heavy atom. The number of hydrogen-bond donors (Lipinski definition) is 0. The Bertz CT molecular complexity index is 987. The van der Waals surface area contributed by atoms with E-state index in [4.69, 9.17) is 4.74 Å². The molecule has 0 unspecified atom stereocenters. The van der Waals surface area contributed by atoms with Gasteiger partial charge in [0, 0.05) is 33.1 Å². The van der Waals surface area contributed by atoms with E-state index in [2.05, 4.69) is 0 Å². The van der Waals surface area contributed by atoms with Crippen molar-refractivity contribution in [3.63, 3.8) is 0 Å². The molecule has 0 spiro atoms. The Kier molecular flexibility index (Phi) is 7.10. The first-order valence-electron chi connectivity index (χ1n) is 9.97. The average molecular weight is 435 g/mol. The van der Waals surface area contributed by atoms with Gasteiger partial charge in [0.25, 0.3) is 0 Å². The largest absolute Gasteiger partial charge is 0.494 e. The van der Waals surface area contributed by atoms with E-state index in [1.54, 1.807) is 48.3 Å². The highest BCUT2D eigenvalue weighted by atomic mass is 32.2. The van der Waals surface area contributed by atoms with Crippen molar-refractivity contribution in [2.75, 3.05) is 27.2 Å². The fraction of sp³-hybridized carbons (Fsp3) is 0.409. The summed E-state index contributed by atoms with van der Waals surface area (Å²) in [5.41, 5.74) is 1.58. The van der Waals surface area contributed by atoms with E-state index >= 15 is 0 Å². The fourth-order valence-corrected chi connectivity index (χ4v) is 5.04. The van der Waals surface area contributed by atoms with Gasteiger partial charge in [-0.3, -0.25) is 4.79 Å². The molecule has 1 aliphatic heterocycles. The van der Waals surface area contributed by atoms with E-state index < -0.39 is 15.8 Å². The van der Waals surface area contributed by atoms with E-state index in [-0.39, 0.29) is 23.0 Å². The lowest BCUT2D eigenvalue weighted by Gasteiger charge is -2.18. The lowest BCUT2D eigenvalue weighted by Crippen LogP contribution is -2.27. The van der Waals surface area contributed by atoms with Gasteiger partial charge < -0.3 is 9.64 Å². The summed E-state index contributed by atoms with van der Waals surface area (Å²) in [5, 5.41) is 0. The number of methoxy groups -OCH3 is 1. The van der Waals surface area contributed by atoms with Gasteiger partial charge in [-0.25, -0.2) is 12.8 Å². The van der Waals surface area contributed by atoms with Gasteiger partial charge >= 0.3 is 0 Å². The molecule has 162 valence electrons. The molecule has 0 saturated carbocycles. The Morgan fingerprint density at radius 3 is 2.33 bits per heavy atom. The predicted molar refractivity (Wildman–Crippen MR) is 112 cm³/mol. The molecular weight excluding hydrogens is 407 g/mol. The van der Waals surface area contributed by atoms with Gasteiger partial charge in [0.15, 0.2) is 11.6 Å². The molecule has 1 fully saturated rings. The molecule has 0 radical (unpaired) electrons. The van der Waals surface area contributed by atoms with Crippen LogP contribution in [0.5, 0.6) is 5.75 Å². The maximum Gasteiger partial charge on any atom is 0.243 e. The number of sulfonamides is 1. The fourth-order valence-electron chi connectivity index (χ4n) is 3.52. The number of carbonyl (C=O) groups is 1. The average Bonchev–Trinajstić information content (AvgIpc) is 3.28. The maximum atomic E-state index is 13.8. The molecule has 0 bridgehead atoms. The zero-order valence-electron chi connectivity index (χ0n) is 17.3. The summed E-state index contributed by atoms with van der Waals surface area (Å²) < 4.78 is 45.4. The smallest absolute Gasteiger partial charge is 0.243 e. The first kappa shape index (κ1) is 22.2. The van der Waals surface area contributed by atoms with Crippen LogP contribution in [0.2, 0.25) is 0 Å². The SMILES string of the molecule is COc1ccc(CN(C)C(=O)CCc2ccc(S(=O)(=O)N3CCCC3)cc2)cc1F. The van der Waals surface area contributed by atoms with Crippen molar-refractivity contribution in [2.45, 2.75) is 37.1 Å². The van der Waals surface area contributed by atoms with E-state index in [0.717, 1.165) is 18.4 Å². The third-order valence-corrected chi connectivity index (χ3v) is 7.23. The Hall–Kier alpha value is -2.45. The normalized spacial score (nSPS) is 14.6. The Balaban J connectivity index is 1.54. The van der Waals surface area contributed by atoms with Gasteiger partial charge in [0.05, 0.1) is 12.0 Å². The van der Waals surface area contributed by atoms with Crippen LogP contribution in [0.1, 0.15) is 30.4 Å². The topological polar surface area (TPSA) is 66.9 Å². The van der Waals surface area contributed by atoms with Crippen molar-refractivity contribution >= 4 is 15.9 Å². The molecule has 2 aromatic carbocycles. The Labute approximate surface area is 177 Å². The summed E-state index contributed by atoms with van der Waals surface area (Å²) >= 11 is 0. The number of benzene rings is 2. The summed E-state index contributed by atoms with van der Waals surface area (Å²) in [7, 11) is -0.343. The zero-order valence-corrected chi connectivity index (χ0v) is 18.1. The lowest BCUT2D eigenvalue weighted by atomic mass is 10.1. The summed E-state index contributed by atoms with van der Waals surface area (Å²) in [6.45, 7) is 1.44. The summed E-state index contributed by atoms with van der Waals surface area (Å²) in [4.78, 5) is 14.3. The quantitative estimate of drug-likeness (QED) is 0.640. The molecule has 0 atom stereocenters. The van der Waals surface area contributed by atoms with E-state index in [0.29, 0.717) is 31.6 Å². The van der Waals surface area contributed by atoms with E-state index in [1.807, 2.05) is 0 Å². The number of nitrogens with zero attached hydrogens (tertiary/aromatic N) is 2. The number of carbonyl (C=O) groups excluding carboxylic acids is 1. The second-order valence-electron chi connectivity index (χ2n) is 7.47. The summed E-state index contributed by atoms with van der Waals surface area (Å²) in [6.07, 6.45) is 2.59. The minimum absolute atomic E-state index is 0.0695. The molecular formula is C22H27FN2O4S. The van der Waals surface area contributed by atoms with Gasteiger partial charge in [0.2, 0.25) is 15.9 Å². The summed E-state index contributed by atoms with van der Waals surface area (Å²) in [6, 6.07) is 11.4. The van der Waals surface area contributed by atoms with Crippen molar-refractivity contribution < 1.29 is 22.3 Å². The number of rotatable bonds is 8. The Morgan fingerprint density at radius 2 is 1.73 bits per heavy atom. The third kappa shape index (κ3) is 5.17. The number of halogens is 1. The third-order valence-electron chi connectivity index (χ3n) is 5.32. The van der Waals surface area contributed by atoms with Crippen LogP contribution >= 0.6 is 0 Å². The van der Waals surface area contributed by atoms with Crippen molar-refractivity contribution in [1.29, 1.82) is 0 Å². The number of aryl methyl sites for hydroxylation is 1. The second-order valence-corrected chi connectivity index (χ2v) is 9.41. The number of hydrogen-bond acceptors (Lipinski definition) is 4. The molecule has 3 rings (SSSR count). The van der Waals surface area contributed by atoms with Crippen LogP contribution in [-0.4, -0.2) is 50.8 Å². The highest BCUT2D eigenvalue weighted by molar-refractivity contribution is 7.89. The van der Waals surface area contributed by atoms with Crippen LogP contribution in [-0.2, 0) is 27.8 Å². The van der Waals surface area contributed by atoms with Crippen LogP contribution < -0.4 is 4.74 Å². The number of ether oxygens (including phenoxy) is 1. The molecule has 30 heavy (non-hydrogen) atoms. The zero-order chi connectivity index (χ0) is 21.7. The molecule has 6 nitrogen and oxygen atoms in total. The second kappa shape index (κ2) is 9.57. The van der Waals surface area contributed by atoms with Crippen LogP contribution in [0.15, 0.2) is 47.4 Å². The van der Waals surface area contributed by atoms with Crippen molar-refractivity contribution in [1.82, 2.24) is 9.21 Å². The van der Waals surface area contributed by atoms with Crippen molar-refractivity contribution in [3.8, 4) is 5.75 Å². The molecule has 1 aliphatic rings. The first-order chi connectivity index (χ1) is 14.3. The van der Waals surface area contributed by atoms with E-state index in [1.165, 1.54) is 17.5 Å². The molecule has 0 aromatic heterocycles. The number of amides is 1. The molecule has 2 aromatic rings. The van der Waals surface area contributed by atoms with Crippen molar-refractivity contribution in [2.24, 2.45) is 0 Å². The minimum Gasteiger partial charge on any atom is -0.494 e. The molecule has 1 heterocycles. The van der Waals surface area contributed by atoms with Crippen LogP contribution in [0.4, 0.5) is 4.39 Å². The highest BCUT2D eigenvalue weighted by Crippen LogP contribution is 2.22.